The van der Waals surface area contributed by atoms with Crippen LogP contribution in [0.3, 0.4) is 0 Å². The standard InChI is InChI=1S/C18H15NO9/c20-6-7(1-2-14(24)25)19-16-11(23)5-13-15(18(16)27)17(26)8-3-9(21)10(22)4-12(8)28-13/h3-7,19,21-23,27H,1-2H2,(H,24,25)/t7-/m1/s1. The van der Waals surface area contributed by atoms with Gasteiger partial charge in [-0.15, -0.1) is 0 Å². The third-order valence-electron chi connectivity index (χ3n) is 4.18. The highest BCUT2D eigenvalue weighted by Crippen LogP contribution is 2.41. The SMILES string of the molecule is O=C[C@@H](CCC(=O)O)Nc1c(O)cc2oc3cc(O)c(O)cc3c(=O)c2c1O. The van der Waals surface area contributed by atoms with Crippen molar-refractivity contribution in [3.63, 3.8) is 0 Å². The second-order valence-corrected chi connectivity index (χ2v) is 6.08. The lowest BCUT2D eigenvalue weighted by Gasteiger charge is -2.16. The molecule has 0 radical (unpaired) electrons. The van der Waals surface area contributed by atoms with Crippen LogP contribution in [0, 0.1) is 0 Å². The number of carboxylic acid groups (broad SMARTS) is 1. The van der Waals surface area contributed by atoms with Crippen LogP contribution in [0.5, 0.6) is 23.0 Å². The van der Waals surface area contributed by atoms with Crippen LogP contribution < -0.4 is 10.7 Å². The zero-order valence-corrected chi connectivity index (χ0v) is 14.2. The van der Waals surface area contributed by atoms with Gasteiger partial charge in [0.2, 0.25) is 5.43 Å². The van der Waals surface area contributed by atoms with E-state index < -0.39 is 40.4 Å². The Labute approximate surface area is 155 Å². The van der Waals surface area contributed by atoms with Gasteiger partial charge in [-0.3, -0.25) is 9.59 Å². The monoisotopic (exact) mass is 389 g/mol. The number of carboxylic acids is 1. The summed E-state index contributed by atoms with van der Waals surface area (Å²) in [6.45, 7) is 0. The van der Waals surface area contributed by atoms with Crippen molar-refractivity contribution in [3.8, 4) is 23.0 Å². The Morgan fingerprint density at radius 2 is 1.71 bits per heavy atom. The second-order valence-electron chi connectivity index (χ2n) is 6.08. The smallest absolute Gasteiger partial charge is 0.303 e. The predicted molar refractivity (Wildman–Crippen MR) is 97.0 cm³/mol. The Kier molecular flexibility index (Phi) is 4.70. The Morgan fingerprint density at radius 1 is 1.07 bits per heavy atom. The number of rotatable bonds is 6. The maximum atomic E-state index is 12.7. The molecule has 3 rings (SSSR count). The molecule has 0 aliphatic heterocycles. The number of aldehydes is 1. The first-order valence-electron chi connectivity index (χ1n) is 8.04. The third kappa shape index (κ3) is 3.22. The predicted octanol–water partition coefficient (Wildman–Crippen LogP) is 1.61. The highest BCUT2D eigenvalue weighted by molar-refractivity contribution is 5.99. The van der Waals surface area contributed by atoms with Gasteiger partial charge in [-0.1, -0.05) is 0 Å². The molecule has 1 aromatic heterocycles. The fourth-order valence-electron chi connectivity index (χ4n) is 2.79. The lowest BCUT2D eigenvalue weighted by molar-refractivity contribution is -0.137. The Hall–Kier alpha value is -3.95. The van der Waals surface area contributed by atoms with Gasteiger partial charge in [0.25, 0.3) is 0 Å². The lowest BCUT2D eigenvalue weighted by atomic mass is 10.1. The van der Waals surface area contributed by atoms with E-state index in [2.05, 4.69) is 5.32 Å². The summed E-state index contributed by atoms with van der Waals surface area (Å²) in [5.74, 6) is -3.46. The number of hydrogen-bond acceptors (Lipinski definition) is 9. The van der Waals surface area contributed by atoms with Gasteiger partial charge < -0.3 is 40.1 Å². The molecule has 0 amide bonds. The third-order valence-corrected chi connectivity index (χ3v) is 4.18. The molecule has 10 heteroatoms. The molecular formula is C18H15NO9. The van der Waals surface area contributed by atoms with Crippen molar-refractivity contribution in [1.82, 2.24) is 0 Å². The largest absolute Gasteiger partial charge is 0.505 e. The molecule has 0 spiro atoms. The van der Waals surface area contributed by atoms with Gasteiger partial charge in [-0.25, -0.2) is 0 Å². The van der Waals surface area contributed by atoms with Crippen LogP contribution in [0.4, 0.5) is 5.69 Å². The van der Waals surface area contributed by atoms with E-state index in [4.69, 9.17) is 9.52 Å². The first-order chi connectivity index (χ1) is 13.2. The molecular weight excluding hydrogens is 374 g/mol. The van der Waals surface area contributed by atoms with Crippen molar-refractivity contribution in [2.75, 3.05) is 5.32 Å². The molecule has 0 saturated heterocycles. The maximum absolute atomic E-state index is 12.7. The number of aromatic hydroxyl groups is 4. The molecule has 0 fully saturated rings. The minimum absolute atomic E-state index is 0.0838. The van der Waals surface area contributed by atoms with E-state index in [9.17, 15) is 34.8 Å². The molecule has 0 bridgehead atoms. The molecule has 10 nitrogen and oxygen atoms in total. The number of carbonyl (C=O) groups is 2. The number of carbonyl (C=O) groups excluding carboxylic acids is 1. The van der Waals surface area contributed by atoms with Crippen LogP contribution >= 0.6 is 0 Å². The van der Waals surface area contributed by atoms with E-state index in [1.165, 1.54) is 0 Å². The van der Waals surface area contributed by atoms with Gasteiger partial charge in [0.15, 0.2) is 17.2 Å². The molecule has 0 saturated carbocycles. The molecule has 3 aromatic rings. The van der Waals surface area contributed by atoms with Crippen molar-refractivity contribution in [2.24, 2.45) is 0 Å². The van der Waals surface area contributed by atoms with Crippen LogP contribution in [-0.4, -0.2) is 43.8 Å². The molecule has 0 aliphatic carbocycles. The highest BCUT2D eigenvalue weighted by atomic mass is 16.4. The van der Waals surface area contributed by atoms with Crippen LogP contribution in [0.2, 0.25) is 0 Å². The van der Waals surface area contributed by atoms with Gasteiger partial charge >= 0.3 is 5.97 Å². The van der Waals surface area contributed by atoms with Crippen molar-refractivity contribution in [1.29, 1.82) is 0 Å². The highest BCUT2D eigenvalue weighted by Gasteiger charge is 2.22. The number of phenolic OH excluding ortho intramolecular Hbond substituents is 4. The Balaban J connectivity index is 2.18. The molecule has 146 valence electrons. The summed E-state index contributed by atoms with van der Waals surface area (Å²) in [6.07, 6.45) is -0.0357. The fourth-order valence-corrected chi connectivity index (χ4v) is 2.79. The Bertz CT molecular complexity index is 1170. The van der Waals surface area contributed by atoms with Crippen molar-refractivity contribution in [3.05, 3.63) is 28.4 Å². The van der Waals surface area contributed by atoms with Crippen LogP contribution in [0.15, 0.2) is 27.4 Å². The van der Waals surface area contributed by atoms with Crippen molar-refractivity contribution >= 4 is 39.9 Å². The van der Waals surface area contributed by atoms with E-state index in [0.717, 1.165) is 18.2 Å². The van der Waals surface area contributed by atoms with Crippen molar-refractivity contribution < 1.29 is 39.5 Å². The van der Waals surface area contributed by atoms with E-state index >= 15 is 0 Å². The van der Waals surface area contributed by atoms with Gasteiger partial charge in [0.05, 0.1) is 11.4 Å². The zero-order valence-electron chi connectivity index (χ0n) is 14.2. The number of hydrogen-bond donors (Lipinski definition) is 6. The summed E-state index contributed by atoms with van der Waals surface area (Å²) < 4.78 is 5.42. The lowest BCUT2D eigenvalue weighted by Crippen LogP contribution is -2.22. The minimum Gasteiger partial charge on any atom is -0.505 e. The molecule has 28 heavy (non-hydrogen) atoms. The van der Waals surface area contributed by atoms with Gasteiger partial charge in [-0.2, -0.15) is 0 Å². The van der Waals surface area contributed by atoms with E-state index in [-0.39, 0.29) is 40.5 Å². The summed E-state index contributed by atoms with van der Waals surface area (Å²) in [5, 5.41) is 50.6. The van der Waals surface area contributed by atoms with Crippen LogP contribution in [0.1, 0.15) is 12.8 Å². The average Bonchev–Trinajstić information content (AvgIpc) is 2.62. The molecule has 1 atom stereocenters. The summed E-state index contributed by atoms with van der Waals surface area (Å²) in [4.78, 5) is 34.6. The topological polar surface area (TPSA) is 178 Å². The normalized spacial score (nSPS) is 12.1. The summed E-state index contributed by atoms with van der Waals surface area (Å²) in [7, 11) is 0. The zero-order chi connectivity index (χ0) is 20.6. The second kappa shape index (κ2) is 6.99. The van der Waals surface area contributed by atoms with E-state index in [0.29, 0.717) is 6.29 Å². The van der Waals surface area contributed by atoms with Crippen molar-refractivity contribution in [2.45, 2.75) is 18.9 Å². The fraction of sp³-hybridized carbons (Fsp3) is 0.167. The van der Waals surface area contributed by atoms with Crippen LogP contribution in [0.25, 0.3) is 21.9 Å². The quantitative estimate of drug-likeness (QED) is 0.206. The number of phenols is 4. The van der Waals surface area contributed by atoms with Crippen LogP contribution in [-0.2, 0) is 9.59 Å². The number of aliphatic carboxylic acids is 1. The maximum Gasteiger partial charge on any atom is 0.303 e. The van der Waals surface area contributed by atoms with Gasteiger partial charge in [0, 0.05) is 18.6 Å². The number of benzene rings is 2. The first-order valence-corrected chi connectivity index (χ1v) is 8.04. The summed E-state index contributed by atoms with van der Waals surface area (Å²) >= 11 is 0. The number of fused-ring (bicyclic) bond motifs is 2. The van der Waals surface area contributed by atoms with E-state index in [1.54, 1.807) is 0 Å². The number of anilines is 1. The van der Waals surface area contributed by atoms with Gasteiger partial charge in [-0.05, 0) is 12.5 Å². The minimum atomic E-state index is -1.13. The number of nitrogens with one attached hydrogen (secondary N) is 1. The Morgan fingerprint density at radius 3 is 2.36 bits per heavy atom. The average molecular weight is 389 g/mol. The van der Waals surface area contributed by atoms with Gasteiger partial charge in [0.1, 0.15) is 34.3 Å². The first kappa shape index (κ1) is 18.8. The molecule has 0 unspecified atom stereocenters. The molecule has 0 aliphatic rings. The molecule has 6 N–H and O–H groups in total. The molecule has 2 aromatic carbocycles. The summed E-state index contributed by atoms with van der Waals surface area (Å²) in [5.41, 5.74) is -1.37. The van der Waals surface area contributed by atoms with E-state index in [1.807, 2.05) is 0 Å². The summed E-state index contributed by atoms with van der Waals surface area (Å²) in [6, 6.07) is 1.97. The molecule has 1 heterocycles.